The third kappa shape index (κ3) is 3.98. The normalized spacial score (nSPS) is 16.7. The Morgan fingerprint density at radius 3 is 2.74 bits per heavy atom. The molecule has 0 radical (unpaired) electrons. The Kier molecular flexibility index (Phi) is 5.11. The monoisotopic (exact) mass is 380 g/mol. The summed E-state index contributed by atoms with van der Waals surface area (Å²) >= 11 is 1.60. The van der Waals surface area contributed by atoms with Crippen LogP contribution in [-0.2, 0) is 17.9 Å². The van der Waals surface area contributed by atoms with E-state index >= 15 is 0 Å². The van der Waals surface area contributed by atoms with E-state index in [1.165, 1.54) is 0 Å². The molecule has 6 nitrogen and oxygen atoms in total. The predicted molar refractivity (Wildman–Crippen MR) is 104 cm³/mol. The summed E-state index contributed by atoms with van der Waals surface area (Å²) in [5, 5.41) is 8.48. The molecule has 1 amide bonds. The Labute approximate surface area is 162 Å². The lowest BCUT2D eigenvalue weighted by molar-refractivity contribution is -0.128. The molecule has 4 rings (SSSR count). The molecule has 0 aliphatic carbocycles. The number of methoxy groups -OCH3 is 1. The molecule has 1 saturated heterocycles. The van der Waals surface area contributed by atoms with Gasteiger partial charge in [-0.1, -0.05) is 47.7 Å². The summed E-state index contributed by atoms with van der Waals surface area (Å²) < 4.78 is 7.07. The second-order valence-electron chi connectivity index (χ2n) is 6.36. The number of hydrogen-bond acceptors (Lipinski definition) is 5. The fraction of sp³-hybridized carbons (Fsp3) is 0.250. The number of carbonyl (C=O) groups excluding carboxylic acids is 1. The van der Waals surface area contributed by atoms with Gasteiger partial charge in [0.05, 0.1) is 25.6 Å². The lowest BCUT2D eigenvalue weighted by atomic mass is 10.2. The number of aromatic nitrogens is 3. The van der Waals surface area contributed by atoms with Gasteiger partial charge in [0, 0.05) is 6.54 Å². The van der Waals surface area contributed by atoms with Gasteiger partial charge in [0.15, 0.2) is 0 Å². The maximum Gasteiger partial charge on any atom is 0.234 e. The Balaban J connectivity index is 1.50. The molecule has 3 aromatic rings. The highest BCUT2D eigenvalue weighted by Gasteiger charge is 2.34. The molecule has 0 spiro atoms. The number of ether oxygens (including phenoxy) is 1. The van der Waals surface area contributed by atoms with Crippen LogP contribution < -0.4 is 4.74 Å². The summed E-state index contributed by atoms with van der Waals surface area (Å²) in [4.78, 5) is 14.2. The minimum absolute atomic E-state index is 0.100. The van der Waals surface area contributed by atoms with Crippen LogP contribution in [0.5, 0.6) is 5.75 Å². The minimum atomic E-state index is -0.100. The first kappa shape index (κ1) is 17.6. The second-order valence-corrected chi connectivity index (χ2v) is 7.43. The van der Waals surface area contributed by atoms with Crippen molar-refractivity contribution in [2.45, 2.75) is 18.5 Å². The molecule has 138 valence electrons. The van der Waals surface area contributed by atoms with Gasteiger partial charge in [-0.15, -0.1) is 16.9 Å². The molecule has 2 heterocycles. The van der Waals surface area contributed by atoms with Crippen LogP contribution >= 0.6 is 11.8 Å². The van der Waals surface area contributed by atoms with E-state index in [9.17, 15) is 4.79 Å². The minimum Gasteiger partial charge on any atom is -0.497 e. The molecule has 0 unspecified atom stereocenters. The molecule has 27 heavy (non-hydrogen) atoms. The van der Waals surface area contributed by atoms with Crippen LogP contribution in [0.15, 0.2) is 60.8 Å². The third-order valence-electron chi connectivity index (χ3n) is 4.45. The van der Waals surface area contributed by atoms with Crippen molar-refractivity contribution in [2.75, 3.05) is 12.9 Å². The van der Waals surface area contributed by atoms with E-state index in [-0.39, 0.29) is 11.3 Å². The Morgan fingerprint density at radius 1 is 1.11 bits per heavy atom. The van der Waals surface area contributed by atoms with Crippen molar-refractivity contribution in [3.8, 4) is 5.75 Å². The molecule has 1 aliphatic heterocycles. The molecule has 2 aromatic carbocycles. The van der Waals surface area contributed by atoms with Crippen molar-refractivity contribution in [3.63, 3.8) is 0 Å². The number of nitrogens with zero attached hydrogens (tertiary/aromatic N) is 4. The highest BCUT2D eigenvalue weighted by atomic mass is 32.2. The van der Waals surface area contributed by atoms with Crippen molar-refractivity contribution in [1.29, 1.82) is 0 Å². The van der Waals surface area contributed by atoms with E-state index in [1.807, 2.05) is 65.7 Å². The predicted octanol–water partition coefficient (Wildman–Crippen LogP) is 3.11. The van der Waals surface area contributed by atoms with Crippen molar-refractivity contribution < 1.29 is 9.53 Å². The smallest absolute Gasteiger partial charge is 0.234 e. The van der Waals surface area contributed by atoms with Gasteiger partial charge in [0.25, 0.3) is 0 Å². The molecule has 0 bridgehead atoms. The zero-order valence-electron chi connectivity index (χ0n) is 15.0. The van der Waals surface area contributed by atoms with Gasteiger partial charge in [-0.05, 0) is 23.3 Å². The molecule has 7 heteroatoms. The Hall–Kier alpha value is -2.80. The molecular formula is C20H20N4O2S. The molecule has 1 atom stereocenters. The van der Waals surface area contributed by atoms with Gasteiger partial charge in [0.1, 0.15) is 16.8 Å². The number of rotatable bonds is 6. The average Bonchev–Trinajstić information content (AvgIpc) is 3.30. The van der Waals surface area contributed by atoms with Gasteiger partial charge in [-0.25, -0.2) is 4.68 Å². The summed E-state index contributed by atoms with van der Waals surface area (Å²) in [6.07, 6.45) is 1.92. The van der Waals surface area contributed by atoms with Crippen molar-refractivity contribution >= 4 is 17.7 Å². The van der Waals surface area contributed by atoms with Crippen LogP contribution in [0, 0.1) is 0 Å². The molecule has 1 aromatic heterocycles. The maximum absolute atomic E-state index is 12.4. The number of thioether (sulfide) groups is 1. The van der Waals surface area contributed by atoms with E-state index in [1.54, 1.807) is 23.6 Å². The van der Waals surface area contributed by atoms with Gasteiger partial charge < -0.3 is 9.64 Å². The SMILES string of the molecule is COc1cccc(Cn2cc([C@H]3SCC(=O)N3Cc3ccccc3)nn2)c1. The first-order valence-electron chi connectivity index (χ1n) is 8.71. The number of carbonyl (C=O) groups is 1. The summed E-state index contributed by atoms with van der Waals surface area (Å²) in [6.45, 7) is 1.19. The molecule has 0 saturated carbocycles. The highest BCUT2D eigenvalue weighted by molar-refractivity contribution is 8.00. The molecule has 1 aliphatic rings. The zero-order chi connectivity index (χ0) is 18.6. The van der Waals surface area contributed by atoms with E-state index in [2.05, 4.69) is 10.3 Å². The van der Waals surface area contributed by atoms with Crippen molar-refractivity contribution in [1.82, 2.24) is 19.9 Å². The van der Waals surface area contributed by atoms with Crippen LogP contribution in [0.25, 0.3) is 0 Å². The Morgan fingerprint density at radius 2 is 1.93 bits per heavy atom. The molecular weight excluding hydrogens is 360 g/mol. The van der Waals surface area contributed by atoms with Crippen LogP contribution in [0.2, 0.25) is 0 Å². The first-order chi connectivity index (χ1) is 13.2. The van der Waals surface area contributed by atoms with Crippen molar-refractivity contribution in [2.24, 2.45) is 0 Å². The third-order valence-corrected chi connectivity index (χ3v) is 5.68. The van der Waals surface area contributed by atoms with Crippen molar-refractivity contribution in [3.05, 3.63) is 77.6 Å². The van der Waals surface area contributed by atoms with E-state index in [4.69, 9.17) is 4.74 Å². The van der Waals surface area contributed by atoms with Gasteiger partial charge >= 0.3 is 0 Å². The van der Waals surface area contributed by atoms with Gasteiger partial charge in [0.2, 0.25) is 5.91 Å². The topological polar surface area (TPSA) is 60.2 Å². The van der Waals surface area contributed by atoms with Crippen LogP contribution in [0.4, 0.5) is 0 Å². The lowest BCUT2D eigenvalue weighted by Crippen LogP contribution is -2.27. The fourth-order valence-corrected chi connectivity index (χ4v) is 4.23. The maximum atomic E-state index is 12.4. The summed E-state index contributed by atoms with van der Waals surface area (Å²) in [7, 11) is 1.66. The summed E-state index contributed by atoms with van der Waals surface area (Å²) in [6, 6.07) is 17.9. The van der Waals surface area contributed by atoms with Crippen LogP contribution in [0.1, 0.15) is 22.2 Å². The van der Waals surface area contributed by atoms with Gasteiger partial charge in [-0.3, -0.25) is 4.79 Å². The first-order valence-corrected chi connectivity index (χ1v) is 9.76. The van der Waals surface area contributed by atoms with Crippen LogP contribution in [0.3, 0.4) is 0 Å². The zero-order valence-corrected chi connectivity index (χ0v) is 15.8. The quantitative estimate of drug-likeness (QED) is 0.658. The molecule has 0 N–H and O–H groups in total. The number of amides is 1. The molecule has 1 fully saturated rings. The highest BCUT2D eigenvalue weighted by Crippen LogP contribution is 2.38. The summed E-state index contributed by atoms with van der Waals surface area (Å²) in [5.41, 5.74) is 3.01. The second kappa shape index (κ2) is 7.84. The Bertz CT molecular complexity index is 928. The van der Waals surface area contributed by atoms with Crippen LogP contribution in [-0.4, -0.2) is 38.7 Å². The fourth-order valence-electron chi connectivity index (χ4n) is 3.11. The van der Waals surface area contributed by atoms with Gasteiger partial charge in [-0.2, -0.15) is 0 Å². The standard InChI is InChI=1S/C20H20N4O2S/c1-26-17-9-5-8-16(10-17)11-23-13-18(21-22-23)20-24(19(25)14-27-20)12-15-6-3-2-4-7-15/h2-10,13,20H,11-12,14H2,1H3/t20-/m1/s1. The largest absolute Gasteiger partial charge is 0.497 e. The number of hydrogen-bond donors (Lipinski definition) is 0. The number of benzene rings is 2. The summed E-state index contributed by atoms with van der Waals surface area (Å²) in [5.74, 6) is 1.43. The van der Waals surface area contributed by atoms with E-state index in [0.29, 0.717) is 18.8 Å². The van der Waals surface area contributed by atoms with E-state index in [0.717, 1.165) is 22.6 Å². The van der Waals surface area contributed by atoms with E-state index < -0.39 is 0 Å². The average molecular weight is 380 g/mol. The lowest BCUT2D eigenvalue weighted by Gasteiger charge is -2.22.